The van der Waals surface area contributed by atoms with E-state index < -0.39 is 8.77 Å². The first kappa shape index (κ1) is 13.2. The van der Waals surface area contributed by atoms with Crippen molar-refractivity contribution in [3.8, 4) is 0 Å². The number of hydrogen-bond acceptors (Lipinski definition) is 1. The van der Waals surface area contributed by atoms with Crippen LogP contribution in [0.3, 0.4) is 0 Å². The molecule has 0 aliphatic heterocycles. The van der Waals surface area contributed by atoms with Gasteiger partial charge in [-0.1, -0.05) is 45.4 Å². The van der Waals surface area contributed by atoms with E-state index in [2.05, 4.69) is 11.4 Å². The van der Waals surface area contributed by atoms with E-state index >= 15 is 0 Å². The molecule has 0 aromatic rings. The highest BCUT2D eigenvalue weighted by atomic mass is 31.2. The molecule has 0 heterocycles. The van der Waals surface area contributed by atoms with Crippen LogP contribution >= 0.6 is 8.77 Å². The Labute approximate surface area is 80.9 Å². The third-order valence-corrected chi connectivity index (χ3v) is 2.31. The number of unbranched alkanes of at least 4 members (excludes halogenated alkanes) is 6. The lowest BCUT2D eigenvalue weighted by atomic mass is 10.1. The number of hydrogen-bond donors (Lipinski definition) is 0. The first-order valence-electron chi connectivity index (χ1n) is 5.02. The summed E-state index contributed by atoms with van der Waals surface area (Å²) in [6.07, 6.45) is 7.99. The molecule has 0 aliphatic carbocycles. The fourth-order valence-electron chi connectivity index (χ4n) is 1.19. The van der Waals surface area contributed by atoms with Crippen molar-refractivity contribution in [2.45, 2.75) is 51.9 Å². The molecule has 4 heteroatoms. The fraction of sp³-hybridized carbons (Fsp3) is 1.00. The molecule has 0 bridgehead atoms. The molecule has 0 rings (SSSR count). The van der Waals surface area contributed by atoms with Crippen LogP contribution in [-0.2, 0) is 4.52 Å². The maximum atomic E-state index is 11.6. The summed E-state index contributed by atoms with van der Waals surface area (Å²) < 4.78 is 27.3. The monoisotopic (exact) mass is 212 g/mol. The maximum absolute atomic E-state index is 11.6. The molecule has 0 saturated heterocycles. The zero-order valence-electron chi connectivity index (χ0n) is 8.27. The van der Waals surface area contributed by atoms with E-state index in [1.54, 1.807) is 0 Å². The molecular weight excluding hydrogens is 193 g/mol. The predicted octanol–water partition coefficient (Wildman–Crippen LogP) is 4.92. The normalized spacial score (nSPS) is 11.1. The van der Waals surface area contributed by atoms with Gasteiger partial charge in [0.1, 0.15) is 0 Å². The smallest absolute Gasteiger partial charge is 0.306 e. The summed E-state index contributed by atoms with van der Waals surface area (Å²) in [5, 5.41) is 0. The van der Waals surface area contributed by atoms with Gasteiger partial charge in [-0.2, -0.15) is 8.39 Å². The third-order valence-electron chi connectivity index (χ3n) is 1.94. The minimum atomic E-state index is -3.13. The maximum Gasteiger partial charge on any atom is 0.415 e. The van der Waals surface area contributed by atoms with Gasteiger partial charge in [0.15, 0.2) is 0 Å². The van der Waals surface area contributed by atoms with E-state index in [4.69, 9.17) is 0 Å². The quantitative estimate of drug-likeness (QED) is 0.389. The molecule has 0 saturated carbocycles. The largest absolute Gasteiger partial charge is 0.415 e. The second kappa shape index (κ2) is 10.3. The molecule has 0 spiro atoms. The van der Waals surface area contributed by atoms with Crippen molar-refractivity contribution in [2.75, 3.05) is 6.61 Å². The highest BCUT2D eigenvalue weighted by molar-refractivity contribution is 7.40. The summed E-state index contributed by atoms with van der Waals surface area (Å²) in [6, 6.07) is 0. The van der Waals surface area contributed by atoms with Crippen LogP contribution in [0.25, 0.3) is 0 Å². The predicted molar refractivity (Wildman–Crippen MR) is 53.1 cm³/mol. The van der Waals surface area contributed by atoms with E-state index in [1.807, 2.05) is 0 Å². The molecule has 0 fully saturated rings. The average molecular weight is 212 g/mol. The topological polar surface area (TPSA) is 9.23 Å². The Morgan fingerprint density at radius 1 is 0.923 bits per heavy atom. The minimum absolute atomic E-state index is 0.229. The van der Waals surface area contributed by atoms with E-state index in [1.165, 1.54) is 25.7 Å². The van der Waals surface area contributed by atoms with Crippen molar-refractivity contribution < 1.29 is 12.9 Å². The van der Waals surface area contributed by atoms with Gasteiger partial charge in [-0.05, 0) is 6.42 Å². The Morgan fingerprint density at radius 3 is 2.00 bits per heavy atom. The summed E-state index contributed by atoms with van der Waals surface area (Å²) >= 11 is 0. The van der Waals surface area contributed by atoms with Crippen molar-refractivity contribution in [1.82, 2.24) is 0 Å². The first-order valence-corrected chi connectivity index (χ1v) is 6.06. The highest BCUT2D eigenvalue weighted by Crippen LogP contribution is 2.39. The highest BCUT2D eigenvalue weighted by Gasteiger charge is 2.02. The van der Waals surface area contributed by atoms with Crippen LogP contribution in [-0.4, -0.2) is 6.61 Å². The van der Waals surface area contributed by atoms with Gasteiger partial charge >= 0.3 is 8.77 Å². The number of halogens is 2. The Hall–Kier alpha value is 0.250. The van der Waals surface area contributed by atoms with Crippen LogP contribution < -0.4 is 0 Å². The van der Waals surface area contributed by atoms with Gasteiger partial charge in [0, 0.05) is 0 Å². The molecule has 0 radical (unpaired) electrons. The Kier molecular flexibility index (Phi) is 10.5. The summed E-state index contributed by atoms with van der Waals surface area (Å²) in [4.78, 5) is 0. The minimum Gasteiger partial charge on any atom is -0.306 e. The van der Waals surface area contributed by atoms with Crippen LogP contribution in [0.1, 0.15) is 51.9 Å². The van der Waals surface area contributed by atoms with Gasteiger partial charge in [-0.25, -0.2) is 0 Å². The summed E-state index contributed by atoms with van der Waals surface area (Å²) in [5.74, 6) is 0. The Morgan fingerprint density at radius 2 is 1.46 bits per heavy atom. The lowest BCUT2D eigenvalue weighted by Crippen LogP contribution is -1.86. The zero-order chi connectivity index (χ0) is 9.94. The van der Waals surface area contributed by atoms with Gasteiger partial charge in [0.2, 0.25) is 0 Å². The van der Waals surface area contributed by atoms with Crippen molar-refractivity contribution in [1.29, 1.82) is 0 Å². The van der Waals surface area contributed by atoms with Gasteiger partial charge in [0.05, 0.1) is 6.61 Å². The second-order valence-electron chi connectivity index (χ2n) is 3.16. The molecular formula is C9H19F2OP. The molecule has 13 heavy (non-hydrogen) atoms. The van der Waals surface area contributed by atoms with Crippen molar-refractivity contribution in [3.63, 3.8) is 0 Å². The number of rotatable bonds is 9. The average Bonchev–Trinajstić information content (AvgIpc) is 2.09. The molecule has 0 aliphatic rings. The van der Waals surface area contributed by atoms with E-state index in [-0.39, 0.29) is 6.61 Å². The van der Waals surface area contributed by atoms with Crippen LogP contribution in [0.4, 0.5) is 8.39 Å². The fourth-order valence-corrected chi connectivity index (χ4v) is 1.46. The van der Waals surface area contributed by atoms with Gasteiger partial charge < -0.3 is 4.52 Å². The van der Waals surface area contributed by atoms with Crippen LogP contribution in [0.15, 0.2) is 0 Å². The van der Waals surface area contributed by atoms with Crippen molar-refractivity contribution >= 4 is 8.77 Å². The lowest BCUT2D eigenvalue weighted by molar-refractivity contribution is 0.297. The van der Waals surface area contributed by atoms with Crippen molar-refractivity contribution in [3.05, 3.63) is 0 Å². The van der Waals surface area contributed by atoms with E-state index in [0.29, 0.717) is 0 Å². The standard InChI is InChI=1S/C9H19F2OP/c1-2-3-4-5-6-7-8-9-12-13(10)11/h2-9H2,1H3. The summed E-state index contributed by atoms with van der Waals surface area (Å²) in [7, 11) is -3.13. The zero-order valence-corrected chi connectivity index (χ0v) is 9.16. The van der Waals surface area contributed by atoms with Crippen LogP contribution in [0.2, 0.25) is 0 Å². The molecule has 0 unspecified atom stereocenters. The second-order valence-corrected chi connectivity index (χ2v) is 3.82. The molecule has 0 atom stereocenters. The molecule has 1 nitrogen and oxygen atoms in total. The van der Waals surface area contributed by atoms with Gasteiger partial charge in [0.25, 0.3) is 0 Å². The Balaban J connectivity index is 2.84. The molecule has 0 amide bonds. The van der Waals surface area contributed by atoms with Crippen LogP contribution in [0, 0.1) is 0 Å². The summed E-state index contributed by atoms with van der Waals surface area (Å²) in [6.45, 7) is 2.41. The third kappa shape index (κ3) is 12.2. The van der Waals surface area contributed by atoms with Crippen LogP contribution in [0.5, 0.6) is 0 Å². The molecule has 80 valence electrons. The summed E-state index contributed by atoms with van der Waals surface area (Å²) in [5.41, 5.74) is 0. The molecule has 0 N–H and O–H groups in total. The SMILES string of the molecule is CCCCCCCCCOP(F)F. The van der Waals surface area contributed by atoms with Crippen molar-refractivity contribution in [2.24, 2.45) is 0 Å². The van der Waals surface area contributed by atoms with Gasteiger partial charge in [-0.3, -0.25) is 0 Å². The first-order chi connectivity index (χ1) is 6.27. The molecule has 0 aromatic carbocycles. The van der Waals surface area contributed by atoms with Gasteiger partial charge in [-0.15, -0.1) is 0 Å². The Bertz CT molecular complexity index is 102. The van der Waals surface area contributed by atoms with E-state index in [9.17, 15) is 8.39 Å². The van der Waals surface area contributed by atoms with E-state index in [0.717, 1.165) is 19.3 Å². The molecule has 0 aromatic heterocycles. The lowest BCUT2D eigenvalue weighted by Gasteiger charge is -2.01.